The fraction of sp³-hybridized carbons (Fsp3) is 0.273. The lowest BCUT2D eigenvalue weighted by Gasteiger charge is -2.15. The summed E-state index contributed by atoms with van der Waals surface area (Å²) in [6, 6.07) is 15.2. The first kappa shape index (κ1) is 19.3. The molecule has 0 fully saturated rings. The highest BCUT2D eigenvalue weighted by Gasteiger charge is 2.13. The van der Waals surface area contributed by atoms with Crippen LogP contribution in [0.15, 0.2) is 48.0 Å². The molecule has 0 aliphatic heterocycles. The van der Waals surface area contributed by atoms with Gasteiger partial charge in [0.1, 0.15) is 17.4 Å². The third-order valence-corrected chi connectivity index (χ3v) is 4.13. The van der Waals surface area contributed by atoms with Gasteiger partial charge in [0.2, 0.25) is 0 Å². The Morgan fingerprint density at radius 3 is 2.69 bits per heavy atom. The summed E-state index contributed by atoms with van der Waals surface area (Å²) in [4.78, 5) is 12.6. The van der Waals surface area contributed by atoms with E-state index in [1.165, 1.54) is 0 Å². The van der Waals surface area contributed by atoms with Gasteiger partial charge < -0.3 is 10.1 Å². The summed E-state index contributed by atoms with van der Waals surface area (Å²) < 4.78 is 5.89. The first-order valence-corrected chi connectivity index (χ1v) is 8.70. The molecule has 0 heterocycles. The first-order chi connectivity index (χ1) is 12.4. The van der Waals surface area contributed by atoms with Crippen molar-refractivity contribution in [2.24, 2.45) is 0 Å². The second-order valence-electron chi connectivity index (χ2n) is 6.32. The second kappa shape index (κ2) is 8.87. The van der Waals surface area contributed by atoms with Crippen LogP contribution in [0.25, 0.3) is 6.08 Å². The highest BCUT2D eigenvalue weighted by atomic mass is 16.5. The van der Waals surface area contributed by atoms with E-state index in [0.717, 1.165) is 17.5 Å². The van der Waals surface area contributed by atoms with E-state index in [9.17, 15) is 10.1 Å². The fourth-order valence-electron chi connectivity index (χ4n) is 2.37. The number of hydrogen-bond donors (Lipinski definition) is 1. The van der Waals surface area contributed by atoms with E-state index < -0.39 is 5.91 Å². The molecule has 4 heteroatoms. The molecule has 0 aliphatic carbocycles. The molecule has 0 saturated heterocycles. The number of para-hydroxylation sites is 1. The molecule has 0 aromatic heterocycles. The number of anilines is 1. The van der Waals surface area contributed by atoms with Gasteiger partial charge in [0, 0.05) is 11.3 Å². The second-order valence-corrected chi connectivity index (χ2v) is 6.32. The van der Waals surface area contributed by atoms with E-state index in [0.29, 0.717) is 17.0 Å². The van der Waals surface area contributed by atoms with Crippen LogP contribution >= 0.6 is 0 Å². The summed E-state index contributed by atoms with van der Waals surface area (Å²) in [6.45, 7) is 7.90. The molecule has 0 saturated carbocycles. The highest BCUT2D eigenvalue weighted by Crippen LogP contribution is 2.24. The molecule has 134 valence electrons. The lowest BCUT2D eigenvalue weighted by molar-refractivity contribution is -0.112. The SMILES string of the molecule is CC[C@@H](C)Oc1ccccc1/C=C(\C#N)C(=O)Nc1cc(C)ccc1C. The largest absolute Gasteiger partial charge is 0.490 e. The van der Waals surface area contributed by atoms with Crippen molar-refractivity contribution in [3.8, 4) is 11.8 Å². The Kier molecular flexibility index (Phi) is 6.57. The molecular weight excluding hydrogens is 324 g/mol. The van der Waals surface area contributed by atoms with Crippen molar-refractivity contribution in [3.63, 3.8) is 0 Å². The third kappa shape index (κ3) is 4.97. The quantitative estimate of drug-likeness (QED) is 0.588. The van der Waals surface area contributed by atoms with Crippen LogP contribution in [0.4, 0.5) is 5.69 Å². The number of nitriles is 1. The summed E-state index contributed by atoms with van der Waals surface area (Å²) in [5.41, 5.74) is 3.44. The standard InChI is InChI=1S/C22H24N2O2/c1-5-17(4)26-21-9-7-6-8-18(21)13-19(14-23)22(25)24-20-12-15(2)10-11-16(20)3/h6-13,17H,5H2,1-4H3,(H,24,25)/b19-13+/t17-/m1/s1. The smallest absolute Gasteiger partial charge is 0.266 e. The van der Waals surface area contributed by atoms with E-state index in [4.69, 9.17) is 4.74 Å². The molecule has 1 amide bonds. The average molecular weight is 348 g/mol. The van der Waals surface area contributed by atoms with E-state index in [1.54, 1.807) is 6.08 Å². The Morgan fingerprint density at radius 2 is 2.00 bits per heavy atom. The zero-order chi connectivity index (χ0) is 19.1. The van der Waals surface area contributed by atoms with Crippen LogP contribution in [0.1, 0.15) is 37.0 Å². The number of amides is 1. The number of nitrogens with one attached hydrogen (secondary N) is 1. The van der Waals surface area contributed by atoms with Gasteiger partial charge in [-0.3, -0.25) is 4.79 Å². The van der Waals surface area contributed by atoms with E-state index in [-0.39, 0.29) is 11.7 Å². The summed E-state index contributed by atoms with van der Waals surface area (Å²) >= 11 is 0. The van der Waals surface area contributed by atoms with Crippen molar-refractivity contribution in [3.05, 3.63) is 64.7 Å². The zero-order valence-electron chi connectivity index (χ0n) is 15.7. The topological polar surface area (TPSA) is 62.1 Å². The van der Waals surface area contributed by atoms with Crippen LogP contribution in [0.3, 0.4) is 0 Å². The minimum Gasteiger partial charge on any atom is -0.490 e. The fourth-order valence-corrected chi connectivity index (χ4v) is 2.37. The lowest BCUT2D eigenvalue weighted by atomic mass is 10.1. The molecule has 1 N–H and O–H groups in total. The average Bonchev–Trinajstić information content (AvgIpc) is 2.63. The van der Waals surface area contributed by atoms with Gasteiger partial charge >= 0.3 is 0 Å². The molecule has 0 unspecified atom stereocenters. The minimum absolute atomic E-state index is 0.0334. The monoisotopic (exact) mass is 348 g/mol. The van der Waals surface area contributed by atoms with Gasteiger partial charge in [-0.05, 0) is 56.5 Å². The number of carbonyl (C=O) groups is 1. The Morgan fingerprint density at radius 1 is 1.27 bits per heavy atom. The molecule has 0 radical (unpaired) electrons. The van der Waals surface area contributed by atoms with Gasteiger partial charge in [0.25, 0.3) is 5.91 Å². The van der Waals surface area contributed by atoms with Gasteiger partial charge in [-0.15, -0.1) is 0 Å². The molecule has 0 spiro atoms. The van der Waals surface area contributed by atoms with Crippen LogP contribution < -0.4 is 10.1 Å². The van der Waals surface area contributed by atoms with E-state index in [1.807, 2.05) is 76.2 Å². The number of aryl methyl sites for hydroxylation is 2. The molecule has 1 atom stereocenters. The number of benzene rings is 2. The highest BCUT2D eigenvalue weighted by molar-refractivity contribution is 6.10. The maximum atomic E-state index is 12.6. The van der Waals surface area contributed by atoms with Crippen molar-refractivity contribution in [2.45, 2.75) is 40.2 Å². The third-order valence-electron chi connectivity index (χ3n) is 4.13. The predicted octanol–water partition coefficient (Wildman–Crippen LogP) is 5.03. The lowest BCUT2D eigenvalue weighted by Crippen LogP contribution is -2.15. The molecule has 2 rings (SSSR count). The van der Waals surface area contributed by atoms with Gasteiger partial charge in [-0.2, -0.15) is 5.26 Å². The van der Waals surface area contributed by atoms with Crippen LogP contribution in [-0.4, -0.2) is 12.0 Å². The summed E-state index contributed by atoms with van der Waals surface area (Å²) in [5, 5.41) is 12.3. The summed E-state index contributed by atoms with van der Waals surface area (Å²) in [6.07, 6.45) is 2.49. The first-order valence-electron chi connectivity index (χ1n) is 8.70. The molecule has 26 heavy (non-hydrogen) atoms. The van der Waals surface area contributed by atoms with Gasteiger partial charge in [-0.25, -0.2) is 0 Å². The van der Waals surface area contributed by atoms with E-state index in [2.05, 4.69) is 5.32 Å². The van der Waals surface area contributed by atoms with Crippen molar-refractivity contribution in [1.29, 1.82) is 5.26 Å². The molecule has 4 nitrogen and oxygen atoms in total. The normalized spacial score (nSPS) is 12.2. The van der Waals surface area contributed by atoms with E-state index >= 15 is 0 Å². The molecule has 0 aliphatic rings. The number of hydrogen-bond acceptors (Lipinski definition) is 3. The van der Waals surface area contributed by atoms with Crippen LogP contribution in [0, 0.1) is 25.2 Å². The Labute approximate surface area is 155 Å². The Hall–Kier alpha value is -3.06. The van der Waals surface area contributed by atoms with Gasteiger partial charge in [0.15, 0.2) is 0 Å². The van der Waals surface area contributed by atoms with Crippen LogP contribution in [0.2, 0.25) is 0 Å². The van der Waals surface area contributed by atoms with Crippen molar-refractivity contribution >= 4 is 17.7 Å². The van der Waals surface area contributed by atoms with Crippen molar-refractivity contribution in [2.75, 3.05) is 5.32 Å². The maximum Gasteiger partial charge on any atom is 0.266 e. The van der Waals surface area contributed by atoms with Crippen LogP contribution in [0.5, 0.6) is 5.75 Å². The Bertz CT molecular complexity index is 863. The molecule has 2 aromatic carbocycles. The van der Waals surface area contributed by atoms with Gasteiger partial charge in [-0.1, -0.05) is 37.3 Å². The molecule has 0 bridgehead atoms. The van der Waals surface area contributed by atoms with Crippen molar-refractivity contribution < 1.29 is 9.53 Å². The summed E-state index contributed by atoms with van der Waals surface area (Å²) in [5.74, 6) is 0.230. The zero-order valence-corrected chi connectivity index (χ0v) is 15.7. The van der Waals surface area contributed by atoms with Crippen molar-refractivity contribution in [1.82, 2.24) is 0 Å². The van der Waals surface area contributed by atoms with Crippen LogP contribution in [-0.2, 0) is 4.79 Å². The minimum atomic E-state index is -0.431. The summed E-state index contributed by atoms with van der Waals surface area (Å²) in [7, 11) is 0. The van der Waals surface area contributed by atoms with Gasteiger partial charge in [0.05, 0.1) is 6.10 Å². The predicted molar refractivity (Wildman–Crippen MR) is 105 cm³/mol. The Balaban J connectivity index is 2.29. The maximum absolute atomic E-state index is 12.6. The number of ether oxygens (including phenoxy) is 1. The molecular formula is C22H24N2O2. The number of nitrogens with zero attached hydrogens (tertiary/aromatic N) is 1. The number of rotatable bonds is 6. The number of carbonyl (C=O) groups excluding carboxylic acids is 1. The molecule has 2 aromatic rings.